The van der Waals surface area contributed by atoms with Crippen LogP contribution in [0.15, 0.2) is 48.7 Å². The average molecular weight is 580 g/mol. The smallest absolute Gasteiger partial charge is 0.399 e. The fraction of sp³-hybridized carbons (Fsp3) is 0.367. The number of anilines is 2. The summed E-state index contributed by atoms with van der Waals surface area (Å²) in [4.78, 5) is 27.3. The van der Waals surface area contributed by atoms with Crippen molar-refractivity contribution in [3.63, 3.8) is 0 Å². The van der Waals surface area contributed by atoms with Gasteiger partial charge in [-0.2, -0.15) is 0 Å². The SMILES string of the molecule is CC1(C)OB(c2c(Cl)ccc3c2CCC(=O)N3)OC1(C)C.O=C1CCc2c(ccc(Cl)c2Cc2ccccn2)N1. The number of nitrogens with one attached hydrogen (secondary N) is 2. The van der Waals surface area contributed by atoms with E-state index in [1.807, 2.05) is 64.1 Å². The van der Waals surface area contributed by atoms with Crippen LogP contribution in [-0.4, -0.2) is 35.1 Å². The lowest BCUT2D eigenvalue weighted by molar-refractivity contribution is -0.117. The molecule has 0 aliphatic carbocycles. The summed E-state index contributed by atoms with van der Waals surface area (Å²) in [5.41, 5.74) is 5.90. The first kappa shape index (κ1) is 28.6. The summed E-state index contributed by atoms with van der Waals surface area (Å²) >= 11 is 12.7. The molecule has 2 aromatic carbocycles. The molecule has 0 saturated carbocycles. The Morgan fingerprint density at radius 1 is 0.800 bits per heavy atom. The standard InChI is InChI=1S/C15H19BClNO3.C15H13ClN2O/c1-14(2)15(3,4)21-16(20-14)13-9-5-8-12(19)18-11(9)7-6-10(13)17;16-13-5-6-14-11(4-7-15(19)18-14)12(13)9-10-3-1-2-8-17-10/h6-7H,5,8H2,1-4H3,(H,18,19);1-3,5-6,8H,4,7,9H2,(H,18,19). The van der Waals surface area contributed by atoms with E-state index in [2.05, 4.69) is 15.6 Å². The number of hydrogen-bond donors (Lipinski definition) is 2. The van der Waals surface area contributed by atoms with E-state index in [0.29, 0.717) is 30.7 Å². The molecule has 0 atom stereocenters. The van der Waals surface area contributed by atoms with Crippen molar-refractivity contribution in [3.8, 4) is 0 Å². The van der Waals surface area contributed by atoms with E-state index in [1.165, 1.54) is 0 Å². The van der Waals surface area contributed by atoms with Gasteiger partial charge < -0.3 is 19.9 Å². The molecular formula is C30H32BCl2N3O4. The van der Waals surface area contributed by atoms with Crippen molar-refractivity contribution in [1.29, 1.82) is 0 Å². The van der Waals surface area contributed by atoms with E-state index in [1.54, 1.807) is 12.3 Å². The molecule has 6 rings (SSSR count). The van der Waals surface area contributed by atoms with E-state index in [0.717, 1.165) is 50.7 Å². The largest absolute Gasteiger partial charge is 0.496 e. The summed E-state index contributed by atoms with van der Waals surface area (Å²) in [6.07, 6.45) is 4.84. The summed E-state index contributed by atoms with van der Waals surface area (Å²) in [5.74, 6) is 0.100. The maximum atomic E-state index is 11.5. The van der Waals surface area contributed by atoms with Gasteiger partial charge in [-0.15, -0.1) is 0 Å². The molecule has 0 spiro atoms. The Labute approximate surface area is 245 Å². The lowest BCUT2D eigenvalue weighted by atomic mass is 9.73. The Balaban J connectivity index is 0.000000162. The number of nitrogens with zero attached hydrogens (tertiary/aromatic N) is 1. The highest BCUT2D eigenvalue weighted by molar-refractivity contribution is 6.66. The second kappa shape index (κ2) is 11.2. The van der Waals surface area contributed by atoms with Crippen molar-refractivity contribution in [3.05, 3.63) is 81.1 Å². The normalized spacial score (nSPS) is 18.6. The molecule has 0 bridgehead atoms. The molecule has 1 aromatic heterocycles. The third-order valence-electron chi connectivity index (χ3n) is 8.00. The van der Waals surface area contributed by atoms with Crippen molar-refractivity contribution in [2.75, 3.05) is 10.6 Å². The molecular weight excluding hydrogens is 548 g/mol. The summed E-state index contributed by atoms with van der Waals surface area (Å²) in [6.45, 7) is 8.05. The number of fused-ring (bicyclic) bond motifs is 2. The van der Waals surface area contributed by atoms with Crippen molar-refractivity contribution in [2.45, 2.75) is 71.0 Å². The summed E-state index contributed by atoms with van der Waals surface area (Å²) in [7, 11) is -0.507. The third kappa shape index (κ3) is 5.77. The van der Waals surface area contributed by atoms with Crippen LogP contribution in [0.5, 0.6) is 0 Å². The number of amides is 2. The molecule has 3 aliphatic heterocycles. The van der Waals surface area contributed by atoms with Gasteiger partial charge in [0.1, 0.15) is 0 Å². The minimum Gasteiger partial charge on any atom is -0.399 e. The number of carbonyl (C=O) groups is 2. The Morgan fingerprint density at radius 3 is 1.98 bits per heavy atom. The van der Waals surface area contributed by atoms with Crippen molar-refractivity contribution in [1.82, 2.24) is 4.98 Å². The van der Waals surface area contributed by atoms with Gasteiger partial charge in [-0.3, -0.25) is 14.6 Å². The maximum Gasteiger partial charge on any atom is 0.496 e. The highest BCUT2D eigenvalue weighted by Gasteiger charge is 2.53. The van der Waals surface area contributed by atoms with Gasteiger partial charge in [-0.1, -0.05) is 29.3 Å². The zero-order valence-electron chi connectivity index (χ0n) is 23.1. The maximum absolute atomic E-state index is 11.5. The topological polar surface area (TPSA) is 89.5 Å². The van der Waals surface area contributed by atoms with Crippen LogP contribution in [0.2, 0.25) is 10.0 Å². The molecule has 4 heterocycles. The Bertz CT molecular complexity index is 1450. The number of carbonyl (C=O) groups excluding carboxylic acids is 2. The Morgan fingerprint density at radius 2 is 1.38 bits per heavy atom. The second-order valence-electron chi connectivity index (χ2n) is 11.2. The summed E-state index contributed by atoms with van der Waals surface area (Å²) in [6, 6.07) is 13.2. The first-order valence-corrected chi connectivity index (χ1v) is 14.2. The monoisotopic (exact) mass is 579 g/mol. The molecule has 1 saturated heterocycles. The van der Waals surface area contributed by atoms with Crippen LogP contribution in [-0.2, 0) is 38.2 Å². The molecule has 3 aromatic rings. The highest BCUT2D eigenvalue weighted by Crippen LogP contribution is 2.38. The van der Waals surface area contributed by atoms with E-state index in [4.69, 9.17) is 32.5 Å². The fourth-order valence-corrected chi connectivity index (χ4v) is 5.59. The van der Waals surface area contributed by atoms with Gasteiger partial charge in [-0.05, 0) is 93.6 Å². The van der Waals surface area contributed by atoms with Gasteiger partial charge in [0.25, 0.3) is 0 Å². The number of aromatic nitrogens is 1. The molecule has 2 N–H and O–H groups in total. The molecule has 3 aliphatic rings. The van der Waals surface area contributed by atoms with E-state index in [-0.39, 0.29) is 11.8 Å². The summed E-state index contributed by atoms with van der Waals surface area (Å²) < 4.78 is 12.2. The van der Waals surface area contributed by atoms with E-state index < -0.39 is 18.3 Å². The predicted molar refractivity (Wildman–Crippen MR) is 160 cm³/mol. The van der Waals surface area contributed by atoms with Crippen LogP contribution in [0, 0.1) is 0 Å². The quantitative estimate of drug-likeness (QED) is 0.387. The van der Waals surface area contributed by atoms with Gasteiger partial charge in [0.05, 0.1) is 11.2 Å². The lowest BCUT2D eigenvalue weighted by Crippen LogP contribution is -2.41. The van der Waals surface area contributed by atoms with Crippen molar-refractivity contribution >= 4 is 59.0 Å². The van der Waals surface area contributed by atoms with Gasteiger partial charge in [0.2, 0.25) is 11.8 Å². The molecule has 10 heteroatoms. The van der Waals surface area contributed by atoms with Crippen LogP contribution in [0.25, 0.3) is 0 Å². The third-order valence-corrected chi connectivity index (χ3v) is 8.69. The molecule has 0 unspecified atom stereocenters. The minimum absolute atomic E-state index is 0.0321. The molecule has 1 fully saturated rings. The van der Waals surface area contributed by atoms with Gasteiger partial charge in [-0.25, -0.2) is 0 Å². The highest BCUT2D eigenvalue weighted by atomic mass is 35.5. The van der Waals surface area contributed by atoms with Crippen LogP contribution in [0.1, 0.15) is 62.9 Å². The number of rotatable bonds is 3. The van der Waals surface area contributed by atoms with E-state index >= 15 is 0 Å². The lowest BCUT2D eigenvalue weighted by Gasteiger charge is -2.32. The molecule has 208 valence electrons. The zero-order valence-corrected chi connectivity index (χ0v) is 24.6. The Kier molecular flexibility index (Phi) is 7.99. The minimum atomic E-state index is -0.507. The van der Waals surface area contributed by atoms with Crippen LogP contribution in [0.4, 0.5) is 11.4 Å². The van der Waals surface area contributed by atoms with Crippen LogP contribution in [0.3, 0.4) is 0 Å². The molecule has 0 radical (unpaired) electrons. The zero-order chi connectivity index (χ0) is 28.7. The molecule has 7 nitrogen and oxygen atoms in total. The predicted octanol–water partition coefficient (Wildman–Crippen LogP) is 5.73. The average Bonchev–Trinajstić information content (AvgIpc) is 3.12. The van der Waals surface area contributed by atoms with Crippen molar-refractivity contribution in [2.24, 2.45) is 0 Å². The first-order valence-electron chi connectivity index (χ1n) is 13.4. The van der Waals surface area contributed by atoms with Gasteiger partial charge in [0, 0.05) is 58.0 Å². The van der Waals surface area contributed by atoms with Crippen LogP contribution >= 0.6 is 23.2 Å². The summed E-state index contributed by atoms with van der Waals surface area (Å²) in [5, 5.41) is 7.13. The van der Waals surface area contributed by atoms with E-state index in [9.17, 15) is 9.59 Å². The fourth-order valence-electron chi connectivity index (χ4n) is 5.08. The second-order valence-corrected chi connectivity index (χ2v) is 12.0. The first-order chi connectivity index (χ1) is 18.9. The van der Waals surface area contributed by atoms with Crippen molar-refractivity contribution < 1.29 is 18.9 Å². The number of pyridine rings is 1. The van der Waals surface area contributed by atoms with Gasteiger partial charge >= 0.3 is 7.12 Å². The Hall–Kier alpha value is -2.91. The number of benzene rings is 2. The number of halogens is 2. The number of hydrogen-bond acceptors (Lipinski definition) is 5. The van der Waals surface area contributed by atoms with Gasteiger partial charge in [0.15, 0.2) is 0 Å². The van der Waals surface area contributed by atoms with Crippen LogP contribution < -0.4 is 16.1 Å². The molecule has 2 amide bonds. The molecule has 40 heavy (non-hydrogen) atoms.